The van der Waals surface area contributed by atoms with Gasteiger partial charge in [0.05, 0.1) is 49.7 Å². The normalized spacial score (nSPS) is 50.4. The van der Waals surface area contributed by atoms with Crippen molar-refractivity contribution in [2.75, 3.05) is 13.2 Å². The predicted molar refractivity (Wildman–Crippen MR) is 181 cm³/mol. The Bertz CT molecular complexity index is 1230. The predicted octanol–water partition coefficient (Wildman–Crippen LogP) is -4.02. The fourth-order valence-corrected chi connectivity index (χ4v) is 9.13. The number of hydrogen-bond acceptors (Lipinski definition) is 17. The molecule has 3 aliphatic heterocycles. The lowest BCUT2D eigenvalue weighted by atomic mass is 9.73. The minimum Gasteiger partial charge on any atom is -0.451 e. The molecule has 0 aromatic carbocycles. The number of rotatable bonds is 10. The molecule has 12 N–H and O–H groups in total. The van der Waals surface area contributed by atoms with E-state index >= 15 is 0 Å². The first-order chi connectivity index (χ1) is 25.8. The molecule has 310 valence electrons. The third kappa shape index (κ3) is 9.47. The maximum absolute atomic E-state index is 13.0. The molecule has 0 aromatic rings. The van der Waals surface area contributed by atoms with Gasteiger partial charge in [0.2, 0.25) is 0 Å². The van der Waals surface area contributed by atoms with Crippen LogP contribution >= 0.6 is 0 Å². The monoisotopic (exact) mass is 779 g/mol. The van der Waals surface area contributed by atoms with Crippen LogP contribution < -0.4 is 0 Å². The zero-order valence-corrected chi connectivity index (χ0v) is 30.1. The number of ether oxygens (including phenoxy) is 6. The van der Waals surface area contributed by atoms with Gasteiger partial charge in [0.1, 0.15) is 48.8 Å². The quantitative estimate of drug-likeness (QED) is 0.0572. The van der Waals surface area contributed by atoms with E-state index in [0.29, 0.717) is 44.9 Å². The molecule has 19 atom stereocenters. The molecule has 18 nitrogen and oxygen atoms in total. The maximum Gasteiger partial charge on any atom is 0.330 e. The highest BCUT2D eigenvalue weighted by Gasteiger charge is 2.56. The van der Waals surface area contributed by atoms with Crippen LogP contribution in [0.1, 0.15) is 64.2 Å². The summed E-state index contributed by atoms with van der Waals surface area (Å²) in [6.45, 7) is -1.50. The van der Waals surface area contributed by atoms with Gasteiger partial charge < -0.3 is 84.6 Å². The number of fused-ring (bicyclic) bond motifs is 1. The van der Waals surface area contributed by atoms with E-state index in [-0.39, 0.29) is 43.1 Å². The number of carbonyl (C=O) groups excluding carboxylic acids is 1. The van der Waals surface area contributed by atoms with Crippen molar-refractivity contribution >= 4 is 5.97 Å². The summed E-state index contributed by atoms with van der Waals surface area (Å²) in [4.78, 5) is 13.0. The van der Waals surface area contributed by atoms with Gasteiger partial charge >= 0.3 is 5.97 Å². The molecule has 0 radical (unpaired) electrons. The van der Waals surface area contributed by atoms with Crippen LogP contribution in [0.3, 0.4) is 0 Å². The second-order valence-corrected chi connectivity index (χ2v) is 16.0. The van der Waals surface area contributed by atoms with E-state index in [1.807, 2.05) is 0 Å². The summed E-state index contributed by atoms with van der Waals surface area (Å²) >= 11 is 0. The SMILES string of the molecule is O=C(C=CC1CCC(O)C(O)C1)O[C@H]1[C@H](O[C@H]2[C@H](OC3CC4C(O)CC(O)CC4[OH+]C3C3CCC(O)CC3)O[C@H](CO)[C@H](O)[C@@H]2O)O[C@H](CO)[C@@H](O)[C@@H]1O. The highest BCUT2D eigenvalue weighted by Crippen LogP contribution is 2.42. The lowest BCUT2D eigenvalue weighted by Crippen LogP contribution is -2.66. The van der Waals surface area contributed by atoms with E-state index < -0.39 is 123 Å². The zero-order chi connectivity index (χ0) is 38.8. The summed E-state index contributed by atoms with van der Waals surface area (Å²) in [5, 5.41) is 116. The minimum atomic E-state index is -1.86. The molecule has 6 rings (SSSR count). The number of aliphatic hydroxyl groups is 13. The number of allylic oxidation sites excluding steroid dienone is 1. The van der Waals surface area contributed by atoms with Crippen molar-refractivity contribution in [1.82, 2.24) is 0 Å². The summed E-state index contributed by atoms with van der Waals surface area (Å²) in [6, 6.07) is 0. The molecule has 9 unspecified atom stereocenters. The molecule has 18 heteroatoms. The highest BCUT2D eigenvalue weighted by molar-refractivity contribution is 5.82. The molecule has 3 saturated carbocycles. The van der Waals surface area contributed by atoms with Crippen molar-refractivity contribution < 1.29 is 89.4 Å². The van der Waals surface area contributed by atoms with Crippen LogP contribution in [0, 0.1) is 17.8 Å². The van der Waals surface area contributed by atoms with Gasteiger partial charge in [0.25, 0.3) is 0 Å². The van der Waals surface area contributed by atoms with Crippen molar-refractivity contribution in [2.24, 2.45) is 17.8 Å². The minimum absolute atomic E-state index is 0.0370. The molecule has 3 aliphatic carbocycles. The Kier molecular flexibility index (Phi) is 14.4. The van der Waals surface area contributed by atoms with Crippen LogP contribution in [0.15, 0.2) is 12.2 Å². The second-order valence-electron chi connectivity index (χ2n) is 16.0. The van der Waals surface area contributed by atoms with Gasteiger partial charge in [0.15, 0.2) is 30.9 Å². The number of esters is 1. The highest BCUT2D eigenvalue weighted by atomic mass is 16.8. The molecule has 3 saturated heterocycles. The topological polar surface area (TPSA) is 299 Å². The van der Waals surface area contributed by atoms with Crippen molar-refractivity contribution in [3.63, 3.8) is 0 Å². The van der Waals surface area contributed by atoms with Crippen molar-refractivity contribution in [3.05, 3.63) is 12.2 Å². The van der Waals surface area contributed by atoms with E-state index in [0.717, 1.165) is 6.08 Å². The Morgan fingerprint density at radius 1 is 0.648 bits per heavy atom. The molecule has 0 aromatic heterocycles. The molecule has 0 spiro atoms. The van der Waals surface area contributed by atoms with Gasteiger partial charge in [-0.15, -0.1) is 0 Å². The summed E-state index contributed by atoms with van der Waals surface area (Å²) in [6.07, 6.45) is -15.2. The third-order valence-corrected chi connectivity index (χ3v) is 12.3. The zero-order valence-electron chi connectivity index (χ0n) is 30.1. The molecule has 6 aliphatic rings. The standard InChI is InChI=1S/C36H58O18/c37-13-25-29(46)31(48)34(35(51-25)50-24-12-19-21(42)10-18(40)11-23(19)49-32(24)16-3-5-17(39)6-4-16)54-36-33(30(47)28(45)26(14-38)52-36)53-27(44)8-2-15-1-7-20(41)22(43)9-15/h2,8,15-26,28-43,45-48H,1,3-7,9-14H2/p+1/t15?,16?,17?,18?,19?,20?,21?,22?,23?,24?,25-,26-,28-,29+,30+,31+,32?,33-,34-,35-,36+/m1/s1. The maximum atomic E-state index is 13.0. The molecule has 54 heavy (non-hydrogen) atoms. The fourth-order valence-electron chi connectivity index (χ4n) is 9.13. The Morgan fingerprint density at radius 2 is 1.28 bits per heavy atom. The summed E-state index contributed by atoms with van der Waals surface area (Å²) < 4.78 is 35.0. The molecular weight excluding hydrogens is 720 g/mol. The molecular formula is C36H59O18+. The first kappa shape index (κ1) is 42.2. The van der Waals surface area contributed by atoms with Gasteiger partial charge in [-0.1, -0.05) is 6.08 Å². The van der Waals surface area contributed by atoms with Crippen molar-refractivity contribution in [1.29, 1.82) is 0 Å². The van der Waals surface area contributed by atoms with Crippen LogP contribution in [-0.4, -0.2) is 190 Å². The van der Waals surface area contributed by atoms with E-state index in [1.165, 1.54) is 6.08 Å². The van der Waals surface area contributed by atoms with Crippen LogP contribution in [0.4, 0.5) is 0 Å². The lowest BCUT2D eigenvalue weighted by Gasteiger charge is -2.49. The van der Waals surface area contributed by atoms with Crippen molar-refractivity contribution in [3.8, 4) is 0 Å². The Balaban J connectivity index is 1.23. The average Bonchev–Trinajstić information content (AvgIpc) is 3.14. The van der Waals surface area contributed by atoms with Gasteiger partial charge in [-0.05, 0) is 57.3 Å². The number of aliphatic hydroxyl groups excluding tert-OH is 11. The second kappa shape index (κ2) is 18.4. The molecule has 0 bridgehead atoms. The largest absolute Gasteiger partial charge is 0.451 e. The van der Waals surface area contributed by atoms with Gasteiger partial charge in [-0.2, -0.15) is 0 Å². The molecule has 6 fully saturated rings. The smallest absolute Gasteiger partial charge is 0.330 e. The Labute approximate surface area is 312 Å². The van der Waals surface area contributed by atoms with Crippen LogP contribution in [0.25, 0.3) is 0 Å². The van der Waals surface area contributed by atoms with E-state index in [4.69, 9.17) is 28.4 Å². The number of carbonyl (C=O) groups is 1. The average molecular weight is 780 g/mol. The first-order valence-corrected chi connectivity index (χ1v) is 19.3. The van der Waals surface area contributed by atoms with E-state index in [9.17, 15) is 61.0 Å². The molecule has 0 amide bonds. The van der Waals surface area contributed by atoms with Gasteiger partial charge in [-0.25, -0.2) is 4.79 Å². The lowest BCUT2D eigenvalue weighted by molar-refractivity contribution is -0.386. The third-order valence-electron chi connectivity index (χ3n) is 12.3. The van der Waals surface area contributed by atoms with E-state index in [1.54, 1.807) is 0 Å². The van der Waals surface area contributed by atoms with Crippen LogP contribution in [-0.2, 0) is 28.5 Å². The van der Waals surface area contributed by atoms with Crippen LogP contribution in [0.5, 0.6) is 0 Å². The fraction of sp³-hybridized carbons (Fsp3) is 0.917. The van der Waals surface area contributed by atoms with E-state index in [2.05, 4.69) is 0 Å². The van der Waals surface area contributed by atoms with Crippen LogP contribution in [0.2, 0.25) is 0 Å². The summed E-state index contributed by atoms with van der Waals surface area (Å²) in [5.41, 5.74) is 0. The Hall–Kier alpha value is -1.43. The van der Waals surface area contributed by atoms with Gasteiger partial charge in [0, 0.05) is 24.8 Å². The summed E-state index contributed by atoms with van der Waals surface area (Å²) in [7, 11) is 0. The first-order valence-electron chi connectivity index (χ1n) is 19.3. The van der Waals surface area contributed by atoms with Crippen molar-refractivity contribution in [2.45, 2.75) is 174 Å². The Morgan fingerprint density at radius 3 is 1.91 bits per heavy atom. The van der Waals surface area contributed by atoms with Gasteiger partial charge in [-0.3, -0.25) is 0 Å². The molecule has 3 heterocycles. The summed E-state index contributed by atoms with van der Waals surface area (Å²) in [5.74, 6) is -1.64. The number of hydrogen-bond donors (Lipinski definition) is 11.